The summed E-state index contributed by atoms with van der Waals surface area (Å²) in [4.78, 5) is 24.7. The molecule has 0 radical (unpaired) electrons. The number of carbonyl (C=O) groups excluding carboxylic acids is 2. The molecule has 14 heteroatoms. The fourth-order valence-corrected chi connectivity index (χ4v) is 2.53. The number of nitrogens with zero attached hydrogens (tertiary/aromatic N) is 5. The number of rotatable bonds is 4. The van der Waals surface area contributed by atoms with Crippen LogP contribution in [-0.4, -0.2) is 51.9 Å². The molecule has 0 saturated heterocycles. The molecule has 0 aliphatic heterocycles. The molecule has 0 unspecified atom stereocenters. The van der Waals surface area contributed by atoms with Gasteiger partial charge in [-0.2, -0.15) is 13.2 Å². The van der Waals surface area contributed by atoms with Crippen molar-refractivity contribution in [1.82, 2.24) is 25.5 Å². The molecule has 27 heavy (non-hydrogen) atoms. The highest BCUT2D eigenvalue weighted by Crippen LogP contribution is 2.35. The number of alkyl halides is 3. The Morgan fingerprint density at radius 1 is 1.30 bits per heavy atom. The van der Waals surface area contributed by atoms with Gasteiger partial charge in [0.05, 0.1) is 16.3 Å². The fourth-order valence-electron chi connectivity index (χ4n) is 2.02. The van der Waals surface area contributed by atoms with Crippen LogP contribution >= 0.6 is 23.2 Å². The highest BCUT2D eigenvalue weighted by molar-refractivity contribution is 6.39. The van der Waals surface area contributed by atoms with Crippen molar-refractivity contribution in [3.8, 4) is 0 Å². The summed E-state index contributed by atoms with van der Waals surface area (Å²) < 4.78 is 39.8. The number of nitrogens with one attached hydrogen (secondary N) is 2. The molecule has 1 aromatic carbocycles. The van der Waals surface area contributed by atoms with Gasteiger partial charge in [0.25, 0.3) is 5.91 Å². The van der Waals surface area contributed by atoms with Crippen LogP contribution in [0.2, 0.25) is 10.0 Å². The first-order chi connectivity index (χ1) is 12.5. The first-order valence-electron chi connectivity index (χ1n) is 7.12. The predicted molar refractivity (Wildman–Crippen MR) is 91.1 cm³/mol. The van der Waals surface area contributed by atoms with E-state index in [9.17, 15) is 22.8 Å². The zero-order chi connectivity index (χ0) is 20.4. The lowest BCUT2D eigenvalue weighted by Gasteiger charge is -2.25. The SMILES string of the molecule is CNC(=O)N(CC(F)(F)F)c1cc(Cl)cc(C(=O)Nc2nnnn2C)c1Cl. The third-order valence-corrected chi connectivity index (χ3v) is 3.81. The molecule has 146 valence electrons. The summed E-state index contributed by atoms with van der Waals surface area (Å²) in [6.07, 6.45) is -4.72. The van der Waals surface area contributed by atoms with Gasteiger partial charge in [-0.15, -0.1) is 0 Å². The number of aryl methyl sites for hydroxylation is 1. The molecule has 0 aliphatic carbocycles. The van der Waals surface area contributed by atoms with Gasteiger partial charge in [0, 0.05) is 19.1 Å². The molecule has 0 saturated carbocycles. The molecule has 9 nitrogen and oxygen atoms in total. The standard InChI is InChI=1S/C13H12Cl2F3N7O2/c1-19-12(27)25(5-13(16,17)18)8-4-6(14)3-7(9(8)15)10(26)20-11-21-22-23-24(11)2/h3-4H,5H2,1-2H3,(H,19,27)(H,20,21,23,26). The molecule has 1 aromatic heterocycles. The van der Waals surface area contributed by atoms with E-state index < -0.39 is 29.7 Å². The van der Waals surface area contributed by atoms with Crippen molar-refractivity contribution in [2.45, 2.75) is 6.18 Å². The summed E-state index contributed by atoms with van der Waals surface area (Å²) >= 11 is 12.0. The number of urea groups is 1. The maximum Gasteiger partial charge on any atom is 0.406 e. The second kappa shape index (κ2) is 7.96. The summed E-state index contributed by atoms with van der Waals surface area (Å²) in [7, 11) is 2.61. The van der Waals surface area contributed by atoms with E-state index in [0.717, 1.165) is 23.9 Å². The third-order valence-electron chi connectivity index (χ3n) is 3.20. The van der Waals surface area contributed by atoms with E-state index in [0.29, 0.717) is 4.90 Å². The summed E-state index contributed by atoms with van der Waals surface area (Å²) in [6.45, 7) is -1.64. The minimum absolute atomic E-state index is 0.0314. The number of amides is 3. The van der Waals surface area contributed by atoms with Gasteiger partial charge in [0.1, 0.15) is 6.54 Å². The second-order valence-corrected chi connectivity index (χ2v) is 5.94. The van der Waals surface area contributed by atoms with Gasteiger partial charge >= 0.3 is 12.2 Å². The molecule has 0 fully saturated rings. The molecule has 0 aliphatic rings. The Labute approximate surface area is 160 Å². The molecule has 2 aromatic rings. The van der Waals surface area contributed by atoms with E-state index in [1.54, 1.807) is 0 Å². The number of benzene rings is 1. The van der Waals surface area contributed by atoms with Gasteiger partial charge in [0.2, 0.25) is 5.95 Å². The molecule has 0 bridgehead atoms. The van der Waals surface area contributed by atoms with Crippen molar-refractivity contribution >= 4 is 46.8 Å². The van der Waals surface area contributed by atoms with Crippen molar-refractivity contribution in [3.63, 3.8) is 0 Å². The number of anilines is 2. The van der Waals surface area contributed by atoms with Crippen LogP contribution < -0.4 is 15.5 Å². The lowest BCUT2D eigenvalue weighted by atomic mass is 10.1. The summed E-state index contributed by atoms with van der Waals surface area (Å²) in [5, 5.41) is 14.3. The third kappa shape index (κ3) is 4.98. The van der Waals surface area contributed by atoms with Crippen LogP contribution in [0.5, 0.6) is 0 Å². The van der Waals surface area contributed by atoms with Crippen LogP contribution in [0, 0.1) is 0 Å². The van der Waals surface area contributed by atoms with Gasteiger partial charge in [-0.1, -0.05) is 28.3 Å². The normalized spacial score (nSPS) is 11.2. The highest BCUT2D eigenvalue weighted by atomic mass is 35.5. The molecule has 0 atom stereocenters. The van der Waals surface area contributed by atoms with E-state index >= 15 is 0 Å². The molecule has 1 heterocycles. The molecule has 3 amide bonds. The van der Waals surface area contributed by atoms with E-state index in [1.807, 2.05) is 0 Å². The number of aromatic nitrogens is 4. The number of tetrazole rings is 1. The van der Waals surface area contributed by atoms with E-state index in [-0.39, 0.29) is 22.2 Å². The average Bonchev–Trinajstić information content (AvgIpc) is 2.97. The average molecular weight is 426 g/mol. The van der Waals surface area contributed by atoms with E-state index in [4.69, 9.17) is 23.2 Å². The first kappa shape index (κ1) is 20.7. The smallest absolute Gasteiger partial charge is 0.341 e. The monoisotopic (exact) mass is 425 g/mol. The Balaban J connectivity index is 2.47. The van der Waals surface area contributed by atoms with E-state index in [2.05, 4.69) is 26.2 Å². The van der Waals surface area contributed by atoms with Crippen molar-refractivity contribution in [1.29, 1.82) is 0 Å². The van der Waals surface area contributed by atoms with Gasteiger partial charge < -0.3 is 5.32 Å². The number of hydrogen-bond donors (Lipinski definition) is 2. The van der Waals surface area contributed by atoms with Crippen LogP contribution in [0.1, 0.15) is 10.4 Å². The topological polar surface area (TPSA) is 105 Å². The summed E-state index contributed by atoms with van der Waals surface area (Å²) in [5.74, 6) is -0.860. The van der Waals surface area contributed by atoms with Gasteiger partial charge in [-0.3, -0.25) is 15.0 Å². The Bertz CT molecular complexity index is 872. The van der Waals surface area contributed by atoms with Crippen LogP contribution in [0.4, 0.5) is 29.6 Å². The van der Waals surface area contributed by atoms with Crippen LogP contribution in [-0.2, 0) is 7.05 Å². The predicted octanol–water partition coefficient (Wildman–Crippen LogP) is 2.48. The van der Waals surface area contributed by atoms with Crippen molar-refractivity contribution < 1.29 is 22.8 Å². The Kier molecular flexibility index (Phi) is 6.11. The van der Waals surface area contributed by atoms with Crippen molar-refractivity contribution in [2.75, 3.05) is 23.8 Å². The molecule has 0 spiro atoms. The van der Waals surface area contributed by atoms with Gasteiger partial charge in [-0.25, -0.2) is 9.48 Å². The van der Waals surface area contributed by atoms with Crippen LogP contribution in [0.3, 0.4) is 0 Å². The van der Waals surface area contributed by atoms with Crippen LogP contribution in [0.15, 0.2) is 12.1 Å². The molecule has 2 rings (SSSR count). The number of halogens is 5. The van der Waals surface area contributed by atoms with Gasteiger partial charge in [-0.05, 0) is 22.6 Å². The highest BCUT2D eigenvalue weighted by Gasteiger charge is 2.35. The zero-order valence-electron chi connectivity index (χ0n) is 13.8. The molecule has 2 N–H and O–H groups in total. The number of hydrogen-bond acceptors (Lipinski definition) is 5. The minimum atomic E-state index is -4.72. The Hall–Kier alpha value is -2.60. The maximum absolute atomic E-state index is 12.9. The largest absolute Gasteiger partial charge is 0.406 e. The number of carbonyl (C=O) groups is 2. The summed E-state index contributed by atoms with van der Waals surface area (Å²) in [5.41, 5.74) is -0.652. The van der Waals surface area contributed by atoms with E-state index in [1.165, 1.54) is 7.05 Å². The Morgan fingerprint density at radius 2 is 1.96 bits per heavy atom. The fraction of sp³-hybridized carbons (Fsp3) is 0.308. The lowest BCUT2D eigenvalue weighted by molar-refractivity contribution is -0.118. The molecular formula is C13H12Cl2F3N7O2. The summed E-state index contributed by atoms with van der Waals surface area (Å²) in [6, 6.07) is 1.11. The van der Waals surface area contributed by atoms with Crippen LogP contribution in [0.25, 0.3) is 0 Å². The lowest BCUT2D eigenvalue weighted by Crippen LogP contribution is -2.44. The van der Waals surface area contributed by atoms with Crippen molar-refractivity contribution in [3.05, 3.63) is 27.7 Å². The first-order valence-corrected chi connectivity index (χ1v) is 7.88. The van der Waals surface area contributed by atoms with Crippen molar-refractivity contribution in [2.24, 2.45) is 7.05 Å². The molecular weight excluding hydrogens is 414 g/mol. The van der Waals surface area contributed by atoms with Gasteiger partial charge in [0.15, 0.2) is 0 Å². The maximum atomic E-state index is 12.9. The zero-order valence-corrected chi connectivity index (χ0v) is 15.3. The quantitative estimate of drug-likeness (QED) is 0.782. The second-order valence-electron chi connectivity index (χ2n) is 5.12. The minimum Gasteiger partial charge on any atom is -0.341 e. The Morgan fingerprint density at radius 3 is 2.48 bits per heavy atom.